The van der Waals surface area contributed by atoms with Crippen LogP contribution < -0.4 is 0 Å². The molecule has 1 aromatic carbocycles. The van der Waals surface area contributed by atoms with Crippen LogP contribution in [0.3, 0.4) is 0 Å². The van der Waals surface area contributed by atoms with E-state index in [4.69, 9.17) is 0 Å². The molecule has 1 aliphatic heterocycles. The second-order valence-electron chi connectivity index (χ2n) is 5.28. The van der Waals surface area contributed by atoms with E-state index in [-0.39, 0.29) is 0 Å². The Morgan fingerprint density at radius 1 is 1.19 bits per heavy atom. The maximum atomic E-state index is 2.70. The van der Waals surface area contributed by atoms with Crippen LogP contribution >= 0.6 is 0 Å². The van der Waals surface area contributed by atoms with Gasteiger partial charge in [0.25, 0.3) is 0 Å². The molecular weight excluding hydrogens is 194 g/mol. The van der Waals surface area contributed by atoms with E-state index in [0.717, 1.165) is 12.0 Å². The van der Waals surface area contributed by atoms with Gasteiger partial charge in [0.2, 0.25) is 0 Å². The highest BCUT2D eigenvalue weighted by Gasteiger charge is 2.34. The van der Waals surface area contributed by atoms with E-state index in [1.807, 2.05) is 0 Å². The predicted molar refractivity (Wildman–Crippen MR) is 67.6 cm³/mol. The van der Waals surface area contributed by atoms with Crippen LogP contribution in [0.1, 0.15) is 30.9 Å². The van der Waals surface area contributed by atoms with Crippen LogP contribution in [0, 0.1) is 5.92 Å². The molecule has 0 unspecified atom stereocenters. The van der Waals surface area contributed by atoms with E-state index >= 15 is 0 Å². The minimum Gasteiger partial charge on any atom is -0.300 e. The van der Waals surface area contributed by atoms with Gasteiger partial charge in [0.1, 0.15) is 0 Å². The summed E-state index contributed by atoms with van der Waals surface area (Å²) in [6.45, 7) is 4.85. The summed E-state index contributed by atoms with van der Waals surface area (Å²) < 4.78 is 0. The second kappa shape index (κ2) is 4.21. The molecule has 16 heavy (non-hydrogen) atoms. The molecule has 2 atom stereocenters. The Labute approximate surface area is 98.5 Å². The number of nitrogens with zero attached hydrogens (tertiary/aromatic N) is 1. The smallest absolute Gasteiger partial charge is 0.0167 e. The summed E-state index contributed by atoms with van der Waals surface area (Å²) in [5, 5.41) is 0. The van der Waals surface area contributed by atoms with Crippen molar-refractivity contribution < 1.29 is 0 Å². The van der Waals surface area contributed by atoms with Gasteiger partial charge < -0.3 is 4.90 Å². The van der Waals surface area contributed by atoms with Gasteiger partial charge in [-0.3, -0.25) is 0 Å². The molecule has 1 aromatic rings. The van der Waals surface area contributed by atoms with Crippen molar-refractivity contribution in [3.8, 4) is 0 Å². The third-order valence-corrected chi connectivity index (χ3v) is 4.47. The lowest BCUT2D eigenvalue weighted by Gasteiger charge is -2.44. The first-order valence-electron chi connectivity index (χ1n) is 6.69. The number of rotatable bonds is 1. The fraction of sp³-hybridized carbons (Fsp3) is 0.600. The first-order chi connectivity index (χ1) is 7.88. The Hall–Kier alpha value is -0.820. The monoisotopic (exact) mass is 215 g/mol. The fourth-order valence-electron chi connectivity index (χ4n) is 3.60. The maximum absolute atomic E-state index is 2.70. The predicted octanol–water partition coefficient (Wildman–Crippen LogP) is 2.89. The highest BCUT2D eigenvalue weighted by Crippen LogP contribution is 2.34. The van der Waals surface area contributed by atoms with Crippen LogP contribution in [-0.2, 0) is 12.8 Å². The molecule has 86 valence electrons. The van der Waals surface area contributed by atoms with Crippen LogP contribution in [-0.4, -0.2) is 24.0 Å². The first-order valence-corrected chi connectivity index (χ1v) is 6.69. The molecule has 2 aliphatic rings. The number of likely N-dealkylation sites (N-methyl/N-ethyl adjacent to an activating group) is 1. The minimum absolute atomic E-state index is 0.827. The molecule has 1 aliphatic carbocycles. The number of piperidine rings is 1. The molecule has 0 spiro atoms. The lowest BCUT2D eigenvalue weighted by molar-refractivity contribution is 0.0909. The molecule has 1 nitrogen and oxygen atoms in total. The molecule has 0 N–H and O–H groups in total. The molecule has 1 saturated heterocycles. The lowest BCUT2D eigenvalue weighted by Crippen LogP contribution is -2.48. The topological polar surface area (TPSA) is 3.24 Å². The van der Waals surface area contributed by atoms with E-state index < -0.39 is 0 Å². The summed E-state index contributed by atoms with van der Waals surface area (Å²) in [5.74, 6) is 0.920. The van der Waals surface area contributed by atoms with Crippen LogP contribution in [0.15, 0.2) is 24.3 Å². The normalized spacial score (nSPS) is 29.6. The quantitative estimate of drug-likeness (QED) is 0.696. The van der Waals surface area contributed by atoms with Gasteiger partial charge in [-0.2, -0.15) is 0 Å². The van der Waals surface area contributed by atoms with Crippen molar-refractivity contribution >= 4 is 0 Å². The molecule has 0 aromatic heterocycles. The van der Waals surface area contributed by atoms with Crippen LogP contribution in [0.4, 0.5) is 0 Å². The standard InChI is InChI=1S/C15H21N/c1-2-16-9-5-8-14-10-12-6-3-4-7-13(12)11-15(14)16/h3-4,6-7,14-15H,2,5,8-11H2,1H3/t14-,15-/m1/s1. The average molecular weight is 215 g/mol. The Morgan fingerprint density at radius 3 is 2.69 bits per heavy atom. The Balaban J connectivity index is 1.89. The number of benzene rings is 1. The molecule has 0 bridgehead atoms. The van der Waals surface area contributed by atoms with Crippen molar-refractivity contribution in [2.24, 2.45) is 5.92 Å². The van der Waals surface area contributed by atoms with E-state index in [0.29, 0.717) is 0 Å². The van der Waals surface area contributed by atoms with E-state index in [2.05, 4.69) is 36.1 Å². The minimum atomic E-state index is 0.827. The molecule has 1 heterocycles. The first kappa shape index (κ1) is 10.3. The van der Waals surface area contributed by atoms with Gasteiger partial charge >= 0.3 is 0 Å². The van der Waals surface area contributed by atoms with Crippen molar-refractivity contribution in [1.29, 1.82) is 0 Å². The molecule has 0 amide bonds. The molecule has 3 rings (SSSR count). The third kappa shape index (κ3) is 1.67. The summed E-state index contributed by atoms with van der Waals surface area (Å²) in [6.07, 6.45) is 5.44. The number of fused-ring (bicyclic) bond motifs is 2. The largest absolute Gasteiger partial charge is 0.300 e. The van der Waals surface area contributed by atoms with Crippen molar-refractivity contribution in [2.75, 3.05) is 13.1 Å². The summed E-state index contributed by atoms with van der Waals surface area (Å²) in [6, 6.07) is 9.87. The van der Waals surface area contributed by atoms with Crippen molar-refractivity contribution in [3.05, 3.63) is 35.4 Å². The van der Waals surface area contributed by atoms with Crippen molar-refractivity contribution in [2.45, 2.75) is 38.6 Å². The lowest BCUT2D eigenvalue weighted by atomic mass is 9.75. The van der Waals surface area contributed by atoms with Gasteiger partial charge in [-0.15, -0.1) is 0 Å². The highest BCUT2D eigenvalue weighted by atomic mass is 15.2. The van der Waals surface area contributed by atoms with Gasteiger partial charge in [0.05, 0.1) is 0 Å². The number of likely N-dealkylation sites (tertiary alicyclic amines) is 1. The van der Waals surface area contributed by atoms with E-state index in [1.54, 1.807) is 11.1 Å². The molecule has 0 radical (unpaired) electrons. The summed E-state index contributed by atoms with van der Waals surface area (Å²) >= 11 is 0. The zero-order valence-electron chi connectivity index (χ0n) is 10.2. The Morgan fingerprint density at radius 2 is 1.94 bits per heavy atom. The molecule has 1 heteroatoms. The number of hydrogen-bond acceptors (Lipinski definition) is 1. The van der Waals surface area contributed by atoms with E-state index in [1.165, 1.54) is 38.8 Å². The van der Waals surface area contributed by atoms with E-state index in [9.17, 15) is 0 Å². The zero-order chi connectivity index (χ0) is 11.0. The Kier molecular flexibility index (Phi) is 2.72. The number of hydrogen-bond donors (Lipinski definition) is 0. The summed E-state index contributed by atoms with van der Waals surface area (Å²) in [4.78, 5) is 2.70. The van der Waals surface area contributed by atoms with Crippen LogP contribution in [0.5, 0.6) is 0 Å². The van der Waals surface area contributed by atoms with Crippen LogP contribution in [0.2, 0.25) is 0 Å². The van der Waals surface area contributed by atoms with Crippen molar-refractivity contribution in [1.82, 2.24) is 4.90 Å². The van der Waals surface area contributed by atoms with Gasteiger partial charge in [-0.25, -0.2) is 0 Å². The molecule has 1 fully saturated rings. The fourth-order valence-corrected chi connectivity index (χ4v) is 3.60. The molecule has 0 saturated carbocycles. The SMILES string of the molecule is CCN1CCC[C@@H]2Cc3ccccc3C[C@H]21. The third-order valence-electron chi connectivity index (χ3n) is 4.47. The maximum Gasteiger partial charge on any atom is 0.0167 e. The zero-order valence-corrected chi connectivity index (χ0v) is 10.2. The van der Waals surface area contributed by atoms with Gasteiger partial charge in [-0.05, 0) is 55.8 Å². The summed E-state index contributed by atoms with van der Waals surface area (Å²) in [5.41, 5.74) is 3.21. The summed E-state index contributed by atoms with van der Waals surface area (Å²) in [7, 11) is 0. The average Bonchev–Trinajstić information content (AvgIpc) is 2.35. The van der Waals surface area contributed by atoms with Gasteiger partial charge in [-0.1, -0.05) is 31.2 Å². The van der Waals surface area contributed by atoms with Crippen LogP contribution in [0.25, 0.3) is 0 Å². The van der Waals surface area contributed by atoms with Crippen molar-refractivity contribution in [3.63, 3.8) is 0 Å². The van der Waals surface area contributed by atoms with Gasteiger partial charge in [0.15, 0.2) is 0 Å². The highest BCUT2D eigenvalue weighted by molar-refractivity contribution is 5.31. The Bertz CT molecular complexity index is 371. The van der Waals surface area contributed by atoms with Gasteiger partial charge in [0, 0.05) is 6.04 Å². The second-order valence-corrected chi connectivity index (χ2v) is 5.28. The molecular formula is C15H21N.